The zero-order chi connectivity index (χ0) is 22.6. The molecule has 0 unspecified atom stereocenters. The van der Waals surface area contributed by atoms with Crippen LogP contribution in [0, 0.1) is 0 Å². The summed E-state index contributed by atoms with van der Waals surface area (Å²) >= 11 is -8.24. The van der Waals surface area contributed by atoms with Gasteiger partial charge in [0.1, 0.15) is 0 Å². The van der Waals surface area contributed by atoms with E-state index < -0.39 is 19.5 Å². The van der Waals surface area contributed by atoms with E-state index in [2.05, 4.69) is 95.7 Å². The van der Waals surface area contributed by atoms with Crippen molar-refractivity contribution >= 4 is 42.6 Å². The summed E-state index contributed by atoms with van der Waals surface area (Å²) in [6.07, 6.45) is 0. The smallest absolute Gasteiger partial charge is 0.147 e. The monoisotopic (exact) mass is 580 g/mol. The van der Waals surface area contributed by atoms with E-state index in [1.54, 1.807) is 11.3 Å². The van der Waals surface area contributed by atoms with Crippen molar-refractivity contribution in [2.45, 2.75) is 9.79 Å². The van der Waals surface area contributed by atoms with Crippen LogP contribution in [0.5, 0.6) is 0 Å². The number of halogens is 6. The van der Waals surface area contributed by atoms with E-state index in [0.29, 0.717) is 0 Å². The Morgan fingerprint density at radius 2 is 1.16 bits per heavy atom. The third kappa shape index (κ3) is 8.63. The zero-order valence-corrected chi connectivity index (χ0v) is 20.1. The van der Waals surface area contributed by atoms with Gasteiger partial charge in [-0.05, 0) is 28.1 Å². The van der Waals surface area contributed by atoms with Gasteiger partial charge in [-0.1, -0.05) is 72.8 Å². The molecule has 4 rings (SSSR count). The number of hydrogen-bond donors (Lipinski definition) is 0. The average molecular weight is 581 g/mol. The van der Waals surface area contributed by atoms with Crippen LogP contribution >= 0.6 is 11.3 Å². The van der Waals surface area contributed by atoms with Crippen LogP contribution in [0.3, 0.4) is 0 Å². The van der Waals surface area contributed by atoms with E-state index in [9.17, 15) is 16.9 Å². The maximum Gasteiger partial charge on any atom is 0.168 e. The van der Waals surface area contributed by atoms with E-state index in [0.717, 1.165) is 0 Å². The minimum absolute atomic E-state index is 1.26. The van der Waals surface area contributed by atoms with Crippen molar-refractivity contribution in [2.24, 2.45) is 0 Å². The molecule has 4 aromatic rings. The minimum atomic E-state index is -11.2. The van der Waals surface area contributed by atoms with Gasteiger partial charge >= 0.3 is 36.4 Å². The molecule has 0 saturated carbocycles. The van der Waals surface area contributed by atoms with E-state index >= 15 is 0 Å². The van der Waals surface area contributed by atoms with Gasteiger partial charge in [0.15, 0.2) is 9.79 Å². The molecule has 0 aliphatic heterocycles. The molecule has 164 valence electrons. The minimum Gasteiger partial charge on any atom is -0.147 e. The largest absolute Gasteiger partial charge is 0.168 e. The van der Waals surface area contributed by atoms with Crippen molar-refractivity contribution in [2.75, 3.05) is 0 Å². The first kappa shape index (κ1) is 23.8. The van der Waals surface area contributed by atoms with Gasteiger partial charge in [0.2, 0.25) is 0 Å². The molecule has 1 heterocycles. The Morgan fingerprint density at radius 1 is 0.613 bits per heavy atom. The number of rotatable bonds is 4. The van der Waals surface area contributed by atoms with Gasteiger partial charge in [-0.15, -0.1) is 11.3 Å². The van der Waals surface area contributed by atoms with Crippen LogP contribution in [0.4, 0.5) is 16.9 Å². The third-order valence-electron chi connectivity index (χ3n) is 3.95. The fraction of sp³-hybridized carbons (Fsp3) is 0. The molecule has 3 aromatic carbocycles. The van der Waals surface area contributed by atoms with Crippen molar-refractivity contribution in [3.63, 3.8) is 0 Å². The molecule has 0 spiro atoms. The van der Waals surface area contributed by atoms with Gasteiger partial charge in [0.05, 0.1) is 0 Å². The summed E-state index contributed by atoms with van der Waals surface area (Å²) in [5, 5.41) is 4.37. The molecule has 0 nitrogen and oxygen atoms in total. The Bertz CT molecular complexity index is 1120. The molecular weight excluding hydrogens is 564 g/mol. The molecule has 0 aliphatic carbocycles. The molecule has 0 fully saturated rings. The van der Waals surface area contributed by atoms with Gasteiger partial charge in [0, 0.05) is 28.8 Å². The van der Waals surface area contributed by atoms with Gasteiger partial charge in [-0.25, -0.2) is 0 Å². The second-order valence-corrected chi connectivity index (χ2v) is 14.0. The van der Waals surface area contributed by atoms with Crippen LogP contribution in [0.25, 0.3) is 22.3 Å². The Morgan fingerprint density at radius 3 is 1.68 bits per heavy atom. The Hall–Kier alpha value is -1.89. The van der Waals surface area contributed by atoms with E-state index in [1.807, 2.05) is 0 Å². The number of thiol groups is 1. The first-order chi connectivity index (χ1) is 14.4. The molecule has 0 aliphatic rings. The number of thiophene rings is 1. The topological polar surface area (TPSA) is 0 Å². The van der Waals surface area contributed by atoms with Crippen LogP contribution in [0.1, 0.15) is 0 Å². The second-order valence-electron chi connectivity index (χ2n) is 6.48. The van der Waals surface area contributed by atoms with Crippen LogP contribution in [-0.2, 0) is 11.8 Å². The molecular formula is C22H17F6S2Sb. The molecule has 0 bridgehead atoms. The van der Waals surface area contributed by atoms with Gasteiger partial charge < -0.3 is 0 Å². The summed E-state index contributed by atoms with van der Waals surface area (Å²) in [5.74, 6) is 0. The number of hydrogen-bond acceptors (Lipinski definition) is 1. The van der Waals surface area contributed by atoms with E-state index in [4.69, 9.17) is 0 Å². The fourth-order valence-corrected chi connectivity index (χ4v) is 4.82. The summed E-state index contributed by atoms with van der Waals surface area (Å²) in [5.41, 5.74) is 5.16. The molecule has 0 amide bonds. The van der Waals surface area contributed by atoms with Crippen molar-refractivity contribution in [3.8, 4) is 22.3 Å². The van der Waals surface area contributed by atoms with E-state index in [1.165, 1.54) is 43.8 Å². The van der Waals surface area contributed by atoms with Crippen LogP contribution in [0.2, 0.25) is 0 Å². The average Bonchev–Trinajstić information content (AvgIpc) is 3.20. The Labute approximate surface area is 186 Å². The summed E-state index contributed by atoms with van der Waals surface area (Å²) in [6, 6.07) is 30.2. The van der Waals surface area contributed by atoms with E-state index in [-0.39, 0.29) is 0 Å². The maximum absolute atomic E-state index is 11.2. The zero-order valence-electron chi connectivity index (χ0n) is 15.8. The number of benzene rings is 3. The normalized spacial score (nSPS) is 13.5. The molecule has 0 radical (unpaired) electrons. The Kier molecular flexibility index (Phi) is 6.57. The molecule has 0 saturated heterocycles. The predicted molar refractivity (Wildman–Crippen MR) is 119 cm³/mol. The van der Waals surface area contributed by atoms with Crippen LogP contribution in [0.15, 0.2) is 105 Å². The Balaban J connectivity index is 0.000000339. The van der Waals surface area contributed by atoms with Gasteiger partial charge in [-0.2, -0.15) is 0 Å². The van der Waals surface area contributed by atoms with Crippen molar-refractivity contribution < 1.29 is 16.9 Å². The van der Waals surface area contributed by atoms with Crippen molar-refractivity contribution in [3.05, 3.63) is 95.7 Å². The molecule has 1 aromatic heterocycles. The quantitative estimate of drug-likeness (QED) is 0.0983. The molecule has 31 heavy (non-hydrogen) atoms. The van der Waals surface area contributed by atoms with Crippen LogP contribution < -0.4 is 0 Å². The molecule has 0 atom stereocenters. The van der Waals surface area contributed by atoms with Gasteiger partial charge in [-0.3, -0.25) is 0 Å². The fourth-order valence-electron chi connectivity index (χ4n) is 2.86. The first-order valence-corrected chi connectivity index (χ1v) is 16.5. The summed E-state index contributed by atoms with van der Waals surface area (Å²) in [6.45, 7) is 0. The third-order valence-corrected chi connectivity index (χ3v) is 5.95. The van der Waals surface area contributed by atoms with Gasteiger partial charge in [0.25, 0.3) is 0 Å². The summed E-state index contributed by atoms with van der Waals surface area (Å²) in [4.78, 5) is 2.70. The van der Waals surface area contributed by atoms with Crippen molar-refractivity contribution in [1.82, 2.24) is 0 Å². The SMILES string of the molecule is [F][Sb-]([F])([F])([F])([F])[F].c1ccc(-c2cccc([SH+]c3ccsc3)c2-c2ccccc2)cc1. The summed E-state index contributed by atoms with van der Waals surface area (Å²) < 4.78 is 59.6. The molecule has 9 heteroatoms. The maximum atomic E-state index is 9.93. The van der Waals surface area contributed by atoms with Crippen LogP contribution in [-0.4, -0.2) is 19.5 Å². The summed E-state index contributed by atoms with van der Waals surface area (Å²) in [7, 11) is 0. The van der Waals surface area contributed by atoms with Crippen molar-refractivity contribution in [1.29, 1.82) is 0 Å². The second kappa shape index (κ2) is 8.56. The first-order valence-electron chi connectivity index (χ1n) is 8.91. The standard InChI is InChI=1S/C22H16S2.6FH.Sb/c1-3-8-17(9-4-1)20-12-7-13-21(24-19-14-15-23-16-19)22(20)18-10-5-2-6-11-18;;;;;;;/h1-16H;6*1H;/q;;;;;;;+5/p-5. The molecule has 0 N–H and O–H groups in total. The predicted octanol–water partition coefficient (Wildman–Crippen LogP) is 8.46.